The van der Waals surface area contributed by atoms with Crippen LogP contribution in [-0.4, -0.2) is 35.6 Å². The van der Waals surface area contributed by atoms with Gasteiger partial charge in [0.25, 0.3) is 10.0 Å². The average molecular weight is 478 g/mol. The average Bonchev–Trinajstić information content (AvgIpc) is 2.72. The summed E-state index contributed by atoms with van der Waals surface area (Å²) in [5, 5.41) is 12.1. The number of nitrogens with zero attached hydrogens (tertiary/aromatic N) is 2. The summed E-state index contributed by atoms with van der Waals surface area (Å²) < 4.78 is 68.7. The van der Waals surface area contributed by atoms with Crippen molar-refractivity contribution in [2.75, 3.05) is 10.0 Å². The number of benzene rings is 1. The third kappa shape index (κ3) is 5.09. The second kappa shape index (κ2) is 8.64. The molecule has 11 heteroatoms. The lowest BCUT2D eigenvalue weighted by Crippen LogP contribution is -2.39. The number of hydrogen-bond donors (Lipinski definition) is 3. The number of aryl methyl sites for hydroxylation is 1. The monoisotopic (exact) mass is 478 g/mol. The normalized spacial score (nSPS) is 18.5. The molecule has 0 aliphatic heterocycles. The molecule has 3 N–H and O–H groups in total. The molecule has 2 heterocycles. The van der Waals surface area contributed by atoms with Crippen LogP contribution in [0.3, 0.4) is 0 Å². The van der Waals surface area contributed by atoms with Gasteiger partial charge in [0.2, 0.25) is 0 Å². The second-order valence-electron chi connectivity index (χ2n) is 7.84. The van der Waals surface area contributed by atoms with E-state index in [9.17, 15) is 26.7 Å². The maximum absolute atomic E-state index is 13.6. The highest BCUT2D eigenvalue weighted by molar-refractivity contribution is 7.92. The number of alkyl halides is 3. The predicted octanol–water partition coefficient (Wildman–Crippen LogP) is 4.21. The quantitative estimate of drug-likeness (QED) is 0.491. The number of aliphatic hydroxyl groups is 1. The highest BCUT2D eigenvalue weighted by atomic mass is 32.2. The number of anilines is 2. The first-order valence-corrected chi connectivity index (χ1v) is 11.6. The van der Waals surface area contributed by atoms with E-state index in [1.54, 1.807) is 31.2 Å². The van der Waals surface area contributed by atoms with Gasteiger partial charge in [0.15, 0.2) is 5.03 Å². The fourth-order valence-electron chi connectivity index (χ4n) is 3.54. The van der Waals surface area contributed by atoms with Gasteiger partial charge in [-0.25, -0.2) is 9.97 Å². The predicted molar refractivity (Wildman–Crippen MR) is 117 cm³/mol. The minimum atomic E-state index is -4.67. The zero-order valence-electron chi connectivity index (χ0n) is 17.5. The van der Waals surface area contributed by atoms with Gasteiger partial charge in [-0.3, -0.25) is 4.72 Å². The lowest BCUT2D eigenvalue weighted by molar-refractivity contribution is -0.137. The van der Waals surface area contributed by atoms with Crippen LogP contribution in [-0.2, 0) is 16.2 Å². The molecular weight excluding hydrogens is 457 g/mol. The van der Waals surface area contributed by atoms with Crippen LogP contribution in [0.2, 0.25) is 0 Å². The third-order valence-corrected chi connectivity index (χ3v) is 6.56. The highest BCUT2D eigenvalue weighted by Gasteiger charge is 2.35. The van der Waals surface area contributed by atoms with Crippen LogP contribution < -0.4 is 10.0 Å². The van der Waals surface area contributed by atoms with Crippen molar-refractivity contribution in [1.29, 1.82) is 0 Å². The zero-order valence-corrected chi connectivity index (χ0v) is 18.3. The number of rotatable bonds is 6. The largest absolute Gasteiger partial charge is 0.418 e. The Hall–Kier alpha value is -3.18. The fraction of sp³-hybridized carbons (Fsp3) is 0.273. The summed E-state index contributed by atoms with van der Waals surface area (Å²) in [6.07, 6.45) is -3.98. The van der Waals surface area contributed by atoms with Crippen LogP contribution in [0.15, 0.2) is 59.6 Å². The summed E-state index contributed by atoms with van der Waals surface area (Å²) in [5.41, 5.74) is -0.519. The SMILES string of the molecule is Cc1ccccc1-c1nc(NS(=O)(=O)c2cccc(N[C@H]3C[C@@H](O)C3)n2)ccc1C(F)(F)F. The van der Waals surface area contributed by atoms with Gasteiger partial charge in [0, 0.05) is 11.6 Å². The van der Waals surface area contributed by atoms with Crippen LogP contribution in [0.1, 0.15) is 24.0 Å². The first-order valence-electron chi connectivity index (χ1n) is 10.1. The van der Waals surface area contributed by atoms with Crippen LogP contribution >= 0.6 is 0 Å². The van der Waals surface area contributed by atoms with Crippen molar-refractivity contribution in [2.24, 2.45) is 0 Å². The molecule has 1 saturated carbocycles. The van der Waals surface area contributed by atoms with Crippen molar-refractivity contribution in [1.82, 2.24) is 9.97 Å². The summed E-state index contributed by atoms with van der Waals surface area (Å²) in [4.78, 5) is 8.09. The number of hydrogen-bond acceptors (Lipinski definition) is 6. The Kier molecular flexibility index (Phi) is 6.02. The molecule has 0 spiro atoms. The van der Waals surface area contributed by atoms with E-state index >= 15 is 0 Å². The molecule has 33 heavy (non-hydrogen) atoms. The molecule has 4 rings (SSSR count). The number of aliphatic hydroxyl groups excluding tert-OH is 1. The van der Waals surface area contributed by atoms with E-state index in [-0.39, 0.29) is 34.2 Å². The van der Waals surface area contributed by atoms with Gasteiger partial charge >= 0.3 is 6.18 Å². The lowest BCUT2D eigenvalue weighted by atomic mass is 9.89. The third-order valence-electron chi connectivity index (χ3n) is 5.30. The molecule has 1 aliphatic rings. The van der Waals surface area contributed by atoms with Crippen molar-refractivity contribution in [3.8, 4) is 11.3 Å². The van der Waals surface area contributed by atoms with Crippen LogP contribution in [0.4, 0.5) is 24.8 Å². The van der Waals surface area contributed by atoms with E-state index in [1.807, 2.05) is 0 Å². The Morgan fingerprint density at radius 1 is 0.970 bits per heavy atom. The zero-order chi connectivity index (χ0) is 23.8. The summed E-state index contributed by atoms with van der Waals surface area (Å²) in [6.45, 7) is 1.65. The molecule has 2 aromatic heterocycles. The number of nitrogens with one attached hydrogen (secondary N) is 2. The minimum absolute atomic E-state index is 0.00772. The molecule has 3 aromatic rings. The van der Waals surface area contributed by atoms with E-state index in [2.05, 4.69) is 20.0 Å². The molecular formula is C22H21F3N4O3S. The van der Waals surface area contributed by atoms with Crippen molar-refractivity contribution in [3.05, 3.63) is 65.7 Å². The molecule has 1 aromatic carbocycles. The van der Waals surface area contributed by atoms with Crippen molar-refractivity contribution in [3.63, 3.8) is 0 Å². The van der Waals surface area contributed by atoms with Crippen LogP contribution in [0.5, 0.6) is 0 Å². The summed E-state index contributed by atoms with van der Waals surface area (Å²) in [6, 6.07) is 12.6. The van der Waals surface area contributed by atoms with Gasteiger partial charge in [-0.15, -0.1) is 0 Å². The number of halogens is 3. The fourth-order valence-corrected chi connectivity index (χ4v) is 4.51. The number of aromatic nitrogens is 2. The van der Waals surface area contributed by atoms with Gasteiger partial charge in [0.05, 0.1) is 17.4 Å². The van der Waals surface area contributed by atoms with Crippen molar-refractivity contribution < 1.29 is 26.7 Å². The standard InChI is InChI=1S/C22H21F3N4O3S/c1-13-5-2-3-6-16(13)21-17(22(23,24)25)9-10-19(28-21)29-33(31,32)20-8-4-7-18(27-20)26-14-11-15(30)12-14/h2-10,14-15,30H,11-12H2,1H3,(H,26,27)(H,28,29)/t14-,15+. The van der Waals surface area contributed by atoms with E-state index in [0.29, 0.717) is 24.2 Å². The first-order chi connectivity index (χ1) is 15.5. The second-order valence-corrected chi connectivity index (χ2v) is 9.47. The first kappa shape index (κ1) is 23.0. The van der Waals surface area contributed by atoms with Gasteiger partial charge in [-0.2, -0.15) is 21.6 Å². The van der Waals surface area contributed by atoms with Gasteiger partial charge in [0.1, 0.15) is 11.6 Å². The van der Waals surface area contributed by atoms with E-state index < -0.39 is 21.8 Å². The van der Waals surface area contributed by atoms with Gasteiger partial charge in [-0.05, 0) is 49.6 Å². The Morgan fingerprint density at radius 2 is 1.70 bits per heavy atom. The van der Waals surface area contributed by atoms with Crippen molar-refractivity contribution in [2.45, 2.75) is 43.1 Å². The maximum atomic E-state index is 13.6. The Morgan fingerprint density at radius 3 is 2.36 bits per heavy atom. The van der Waals surface area contributed by atoms with E-state index in [4.69, 9.17) is 0 Å². The Labute approximate surface area is 188 Å². The molecule has 0 unspecified atom stereocenters. The summed E-state index contributed by atoms with van der Waals surface area (Å²) in [7, 11) is -4.22. The molecule has 174 valence electrons. The van der Waals surface area contributed by atoms with Crippen LogP contribution in [0, 0.1) is 6.92 Å². The van der Waals surface area contributed by atoms with Crippen molar-refractivity contribution >= 4 is 21.7 Å². The van der Waals surface area contributed by atoms with Gasteiger partial charge in [-0.1, -0.05) is 30.3 Å². The molecule has 0 amide bonds. The minimum Gasteiger partial charge on any atom is -0.393 e. The van der Waals surface area contributed by atoms with Crippen LogP contribution in [0.25, 0.3) is 11.3 Å². The van der Waals surface area contributed by atoms with Gasteiger partial charge < -0.3 is 10.4 Å². The number of pyridine rings is 2. The molecule has 7 nitrogen and oxygen atoms in total. The Bertz CT molecular complexity index is 1280. The molecule has 1 aliphatic carbocycles. The maximum Gasteiger partial charge on any atom is 0.418 e. The molecule has 0 atom stereocenters. The molecule has 1 fully saturated rings. The van der Waals surface area contributed by atoms with E-state index in [0.717, 1.165) is 12.1 Å². The molecule has 0 radical (unpaired) electrons. The molecule has 0 saturated heterocycles. The molecule has 0 bridgehead atoms. The summed E-state index contributed by atoms with van der Waals surface area (Å²) >= 11 is 0. The lowest BCUT2D eigenvalue weighted by Gasteiger charge is -2.32. The highest BCUT2D eigenvalue weighted by Crippen LogP contribution is 2.38. The van der Waals surface area contributed by atoms with E-state index in [1.165, 1.54) is 18.2 Å². The topological polar surface area (TPSA) is 104 Å². The smallest absolute Gasteiger partial charge is 0.393 e. The number of sulfonamides is 1. The Balaban J connectivity index is 1.65. The summed E-state index contributed by atoms with van der Waals surface area (Å²) in [5.74, 6) is 0.0549.